The van der Waals surface area contributed by atoms with Crippen molar-refractivity contribution in [3.05, 3.63) is 12.7 Å². The first kappa shape index (κ1) is 13.7. The van der Waals surface area contributed by atoms with Gasteiger partial charge in [0.25, 0.3) is 0 Å². The summed E-state index contributed by atoms with van der Waals surface area (Å²) in [6, 6.07) is -0.252. The van der Waals surface area contributed by atoms with Crippen molar-refractivity contribution in [2.24, 2.45) is 5.92 Å². The summed E-state index contributed by atoms with van der Waals surface area (Å²) in [7, 11) is 0. The summed E-state index contributed by atoms with van der Waals surface area (Å²) < 4.78 is 0. The van der Waals surface area contributed by atoms with Crippen molar-refractivity contribution in [3.63, 3.8) is 0 Å². The number of carbonyl (C=O) groups is 2. The molecule has 1 heterocycles. The SMILES string of the molecule is C=CCN(CC(=O)O)C(=O)C1CC(C)CCN1. The van der Waals surface area contributed by atoms with Crippen LogP contribution in [0.15, 0.2) is 12.7 Å². The highest BCUT2D eigenvalue weighted by atomic mass is 16.4. The molecule has 1 aliphatic heterocycles. The number of amides is 1. The number of carboxylic acid groups (broad SMARTS) is 1. The second kappa shape index (κ2) is 6.39. The van der Waals surface area contributed by atoms with E-state index in [1.54, 1.807) is 6.08 Å². The number of piperidine rings is 1. The third-order valence-corrected chi connectivity index (χ3v) is 2.95. The highest BCUT2D eigenvalue weighted by molar-refractivity contribution is 5.85. The maximum absolute atomic E-state index is 12.1. The number of hydrogen-bond acceptors (Lipinski definition) is 3. The summed E-state index contributed by atoms with van der Waals surface area (Å²) in [4.78, 5) is 24.1. The normalized spacial score (nSPS) is 24.1. The van der Waals surface area contributed by atoms with Crippen molar-refractivity contribution < 1.29 is 14.7 Å². The van der Waals surface area contributed by atoms with Gasteiger partial charge in [0.15, 0.2) is 0 Å². The van der Waals surface area contributed by atoms with Gasteiger partial charge >= 0.3 is 5.97 Å². The zero-order valence-corrected chi connectivity index (χ0v) is 10.2. The highest BCUT2D eigenvalue weighted by Crippen LogP contribution is 2.16. The summed E-state index contributed by atoms with van der Waals surface area (Å²) in [6.45, 7) is 6.47. The molecule has 1 fully saturated rings. The van der Waals surface area contributed by atoms with Crippen molar-refractivity contribution in [3.8, 4) is 0 Å². The minimum Gasteiger partial charge on any atom is -0.480 e. The minimum absolute atomic E-state index is 0.140. The Labute approximate surface area is 101 Å². The Balaban J connectivity index is 2.62. The van der Waals surface area contributed by atoms with Crippen LogP contribution >= 0.6 is 0 Å². The van der Waals surface area contributed by atoms with Crippen LogP contribution in [0.5, 0.6) is 0 Å². The summed E-state index contributed by atoms with van der Waals surface area (Å²) in [5.41, 5.74) is 0. The van der Waals surface area contributed by atoms with Crippen LogP contribution in [-0.2, 0) is 9.59 Å². The lowest BCUT2D eigenvalue weighted by molar-refractivity contribution is -0.145. The van der Waals surface area contributed by atoms with E-state index in [-0.39, 0.29) is 25.0 Å². The first-order chi connectivity index (χ1) is 8.04. The quantitative estimate of drug-likeness (QED) is 0.686. The molecule has 1 saturated heterocycles. The van der Waals surface area contributed by atoms with Gasteiger partial charge in [0, 0.05) is 6.54 Å². The van der Waals surface area contributed by atoms with E-state index in [9.17, 15) is 9.59 Å². The van der Waals surface area contributed by atoms with E-state index in [4.69, 9.17) is 5.11 Å². The van der Waals surface area contributed by atoms with Crippen LogP contribution in [0, 0.1) is 5.92 Å². The summed E-state index contributed by atoms with van der Waals surface area (Å²) in [6.07, 6.45) is 3.38. The minimum atomic E-state index is -0.996. The van der Waals surface area contributed by atoms with Gasteiger partial charge in [0.1, 0.15) is 6.54 Å². The number of carbonyl (C=O) groups excluding carboxylic acids is 1. The Morgan fingerprint density at radius 2 is 2.29 bits per heavy atom. The molecule has 0 aromatic heterocycles. The predicted octanol–water partition coefficient (Wildman–Crippen LogP) is 0.474. The largest absolute Gasteiger partial charge is 0.480 e. The molecule has 0 radical (unpaired) electrons. The molecule has 1 amide bonds. The van der Waals surface area contributed by atoms with E-state index in [1.165, 1.54) is 4.90 Å². The van der Waals surface area contributed by atoms with E-state index in [0.717, 1.165) is 19.4 Å². The van der Waals surface area contributed by atoms with Crippen molar-refractivity contribution in [2.45, 2.75) is 25.8 Å². The lowest BCUT2D eigenvalue weighted by Crippen LogP contribution is -2.51. The Morgan fingerprint density at radius 3 is 2.82 bits per heavy atom. The Bertz CT molecular complexity index is 304. The van der Waals surface area contributed by atoms with E-state index in [1.807, 2.05) is 0 Å². The van der Waals surface area contributed by atoms with Gasteiger partial charge in [-0.2, -0.15) is 0 Å². The lowest BCUT2D eigenvalue weighted by Gasteiger charge is -2.31. The Hall–Kier alpha value is -1.36. The van der Waals surface area contributed by atoms with Gasteiger partial charge in [0.2, 0.25) is 5.91 Å². The molecule has 0 bridgehead atoms. The monoisotopic (exact) mass is 240 g/mol. The van der Waals surface area contributed by atoms with Crippen LogP contribution < -0.4 is 5.32 Å². The molecule has 0 saturated carbocycles. The number of nitrogens with zero attached hydrogens (tertiary/aromatic N) is 1. The molecular weight excluding hydrogens is 220 g/mol. The van der Waals surface area contributed by atoms with Crippen LogP contribution in [0.1, 0.15) is 19.8 Å². The molecule has 2 unspecified atom stereocenters. The van der Waals surface area contributed by atoms with Crippen LogP contribution in [0.4, 0.5) is 0 Å². The predicted molar refractivity (Wildman–Crippen MR) is 64.6 cm³/mol. The van der Waals surface area contributed by atoms with Gasteiger partial charge in [-0.1, -0.05) is 13.0 Å². The van der Waals surface area contributed by atoms with Gasteiger partial charge < -0.3 is 15.3 Å². The second-order valence-electron chi connectivity index (χ2n) is 4.54. The van der Waals surface area contributed by atoms with Crippen molar-refractivity contribution in [1.29, 1.82) is 0 Å². The van der Waals surface area contributed by atoms with Crippen molar-refractivity contribution in [1.82, 2.24) is 10.2 Å². The molecule has 2 atom stereocenters. The molecule has 1 rings (SSSR count). The third kappa shape index (κ3) is 4.19. The average Bonchev–Trinajstić information content (AvgIpc) is 2.27. The molecule has 96 valence electrons. The number of rotatable bonds is 5. The van der Waals surface area contributed by atoms with Gasteiger partial charge in [-0.15, -0.1) is 6.58 Å². The average molecular weight is 240 g/mol. The molecule has 0 aromatic carbocycles. The van der Waals surface area contributed by atoms with E-state index < -0.39 is 5.97 Å². The first-order valence-corrected chi connectivity index (χ1v) is 5.89. The topological polar surface area (TPSA) is 69.6 Å². The molecular formula is C12H20N2O3. The third-order valence-electron chi connectivity index (χ3n) is 2.95. The van der Waals surface area contributed by atoms with Crippen molar-refractivity contribution in [2.75, 3.05) is 19.6 Å². The molecule has 2 N–H and O–H groups in total. The Morgan fingerprint density at radius 1 is 1.59 bits per heavy atom. The smallest absolute Gasteiger partial charge is 0.323 e. The fraction of sp³-hybridized carbons (Fsp3) is 0.667. The van der Waals surface area contributed by atoms with Crippen LogP contribution in [0.2, 0.25) is 0 Å². The van der Waals surface area contributed by atoms with Gasteiger partial charge in [-0.05, 0) is 25.3 Å². The maximum atomic E-state index is 12.1. The van der Waals surface area contributed by atoms with Crippen molar-refractivity contribution >= 4 is 11.9 Å². The fourth-order valence-electron chi connectivity index (χ4n) is 2.07. The lowest BCUT2D eigenvalue weighted by atomic mass is 9.93. The standard InChI is InChI=1S/C12H20N2O3/c1-3-6-14(8-11(15)16)12(17)10-7-9(2)4-5-13-10/h3,9-10,13H,1,4-8H2,2H3,(H,15,16). The van der Waals surface area contributed by atoms with E-state index in [0.29, 0.717) is 5.92 Å². The number of hydrogen-bond donors (Lipinski definition) is 2. The van der Waals surface area contributed by atoms with E-state index >= 15 is 0 Å². The number of nitrogens with one attached hydrogen (secondary N) is 1. The zero-order chi connectivity index (χ0) is 12.8. The number of carboxylic acids is 1. The second-order valence-corrected chi connectivity index (χ2v) is 4.54. The molecule has 1 aliphatic rings. The maximum Gasteiger partial charge on any atom is 0.323 e. The summed E-state index contributed by atoms with van der Waals surface area (Å²) >= 11 is 0. The van der Waals surface area contributed by atoms with E-state index in [2.05, 4.69) is 18.8 Å². The molecule has 0 aliphatic carbocycles. The van der Waals surface area contributed by atoms with Crippen LogP contribution in [0.25, 0.3) is 0 Å². The summed E-state index contributed by atoms with van der Waals surface area (Å²) in [5, 5.41) is 11.9. The highest BCUT2D eigenvalue weighted by Gasteiger charge is 2.28. The van der Waals surface area contributed by atoms with Gasteiger partial charge in [-0.25, -0.2) is 0 Å². The molecule has 0 aromatic rings. The number of aliphatic carboxylic acids is 1. The first-order valence-electron chi connectivity index (χ1n) is 5.89. The van der Waals surface area contributed by atoms with Gasteiger partial charge in [-0.3, -0.25) is 9.59 Å². The molecule has 5 nitrogen and oxygen atoms in total. The fourth-order valence-corrected chi connectivity index (χ4v) is 2.07. The molecule has 5 heteroatoms. The van der Waals surface area contributed by atoms with Crippen LogP contribution in [-0.4, -0.2) is 47.6 Å². The van der Waals surface area contributed by atoms with Crippen LogP contribution in [0.3, 0.4) is 0 Å². The Kier molecular flexibility index (Phi) is 5.15. The molecule has 17 heavy (non-hydrogen) atoms. The zero-order valence-electron chi connectivity index (χ0n) is 10.2. The summed E-state index contributed by atoms with van der Waals surface area (Å²) in [5.74, 6) is -0.636. The molecule has 0 spiro atoms. The van der Waals surface area contributed by atoms with Gasteiger partial charge in [0.05, 0.1) is 6.04 Å².